The highest BCUT2D eigenvalue weighted by molar-refractivity contribution is 5.07. The van der Waals surface area contributed by atoms with E-state index < -0.39 is 0 Å². The number of hydrogen-bond donors (Lipinski definition) is 1. The lowest BCUT2D eigenvalue weighted by molar-refractivity contribution is 0.350. The summed E-state index contributed by atoms with van der Waals surface area (Å²) in [6.45, 7) is 4.47. The topological polar surface area (TPSA) is 37.8 Å². The summed E-state index contributed by atoms with van der Waals surface area (Å²) < 4.78 is 0. The molecule has 1 aliphatic carbocycles. The zero-order valence-corrected chi connectivity index (χ0v) is 11.8. The Bertz CT molecular complexity index is 368. The molecule has 100 valence electrons. The van der Waals surface area contributed by atoms with Gasteiger partial charge in [0.1, 0.15) is 5.82 Å². The predicted octanol–water partition coefficient (Wildman–Crippen LogP) is 2.92. The summed E-state index contributed by atoms with van der Waals surface area (Å²) in [6, 6.07) is 2.75. The molecule has 0 saturated heterocycles. The van der Waals surface area contributed by atoms with E-state index in [2.05, 4.69) is 37.3 Å². The smallest absolute Gasteiger partial charge is 0.131 e. The van der Waals surface area contributed by atoms with Crippen molar-refractivity contribution in [3.63, 3.8) is 0 Å². The summed E-state index contributed by atoms with van der Waals surface area (Å²) in [6.07, 6.45) is 7.93. The lowest BCUT2D eigenvalue weighted by atomic mass is 9.85. The average Bonchev–Trinajstić information content (AvgIpc) is 2.38. The van der Waals surface area contributed by atoms with Crippen molar-refractivity contribution < 1.29 is 0 Å². The molecule has 0 atom stereocenters. The molecule has 0 aromatic carbocycles. The van der Waals surface area contributed by atoms with Crippen molar-refractivity contribution >= 4 is 0 Å². The maximum absolute atomic E-state index is 4.76. The fourth-order valence-corrected chi connectivity index (χ4v) is 2.78. The van der Waals surface area contributed by atoms with Gasteiger partial charge in [-0.2, -0.15) is 0 Å². The second kappa shape index (κ2) is 6.28. The number of nitrogens with one attached hydrogen (secondary N) is 1. The third kappa shape index (κ3) is 3.52. The predicted molar refractivity (Wildman–Crippen MR) is 74.6 cm³/mol. The molecule has 0 spiro atoms. The lowest BCUT2D eigenvalue weighted by Crippen LogP contribution is -2.30. The number of aromatic nitrogens is 2. The van der Waals surface area contributed by atoms with Gasteiger partial charge in [-0.3, -0.25) is 0 Å². The van der Waals surface area contributed by atoms with Crippen LogP contribution in [0.4, 0.5) is 0 Å². The van der Waals surface area contributed by atoms with Crippen molar-refractivity contribution in [3.8, 4) is 0 Å². The van der Waals surface area contributed by atoms with Gasteiger partial charge >= 0.3 is 0 Å². The quantitative estimate of drug-likeness (QED) is 0.889. The standard InChI is InChI=1S/C15H25N3/c1-11(2)10-14-8-9-17-15(18-14)12-4-6-13(16-3)7-5-12/h8-9,11-13,16H,4-7,10H2,1-3H3. The second-order valence-electron chi connectivity index (χ2n) is 5.84. The van der Waals surface area contributed by atoms with Crippen LogP contribution >= 0.6 is 0 Å². The third-order valence-electron chi connectivity index (χ3n) is 3.85. The van der Waals surface area contributed by atoms with Gasteiger partial charge in [0.15, 0.2) is 0 Å². The van der Waals surface area contributed by atoms with E-state index in [1.165, 1.54) is 31.4 Å². The molecule has 0 radical (unpaired) electrons. The van der Waals surface area contributed by atoms with Crippen LogP contribution in [0.25, 0.3) is 0 Å². The summed E-state index contributed by atoms with van der Waals surface area (Å²) in [5, 5.41) is 3.37. The molecule has 18 heavy (non-hydrogen) atoms. The Morgan fingerprint density at radius 3 is 2.61 bits per heavy atom. The van der Waals surface area contributed by atoms with E-state index in [0.717, 1.165) is 12.2 Å². The van der Waals surface area contributed by atoms with Crippen LogP contribution in [-0.2, 0) is 6.42 Å². The van der Waals surface area contributed by atoms with E-state index >= 15 is 0 Å². The molecule has 0 unspecified atom stereocenters. The zero-order chi connectivity index (χ0) is 13.0. The normalized spacial score (nSPS) is 24.4. The van der Waals surface area contributed by atoms with Gasteiger partial charge in [-0.25, -0.2) is 9.97 Å². The van der Waals surface area contributed by atoms with Crippen LogP contribution in [0.1, 0.15) is 57.0 Å². The first-order valence-corrected chi connectivity index (χ1v) is 7.18. The lowest BCUT2D eigenvalue weighted by Gasteiger charge is -2.27. The third-order valence-corrected chi connectivity index (χ3v) is 3.85. The number of rotatable bonds is 4. The molecule has 0 aliphatic heterocycles. The van der Waals surface area contributed by atoms with Gasteiger partial charge in [-0.15, -0.1) is 0 Å². The van der Waals surface area contributed by atoms with Gasteiger partial charge in [0.05, 0.1) is 0 Å². The first-order valence-electron chi connectivity index (χ1n) is 7.18. The van der Waals surface area contributed by atoms with Crippen LogP contribution in [0.2, 0.25) is 0 Å². The average molecular weight is 247 g/mol. The fourth-order valence-electron chi connectivity index (χ4n) is 2.78. The molecule has 3 heteroatoms. The summed E-state index contributed by atoms with van der Waals surface area (Å²) in [7, 11) is 2.06. The van der Waals surface area contributed by atoms with Crippen molar-refractivity contribution in [3.05, 3.63) is 23.8 Å². The molecule has 1 aromatic rings. The van der Waals surface area contributed by atoms with Crippen molar-refractivity contribution in [1.82, 2.24) is 15.3 Å². The van der Waals surface area contributed by atoms with E-state index in [-0.39, 0.29) is 0 Å². The Kier molecular flexibility index (Phi) is 4.70. The highest BCUT2D eigenvalue weighted by atomic mass is 14.9. The van der Waals surface area contributed by atoms with Crippen LogP contribution in [0.15, 0.2) is 12.3 Å². The van der Waals surface area contributed by atoms with Gasteiger partial charge in [0.25, 0.3) is 0 Å². The Morgan fingerprint density at radius 2 is 2.00 bits per heavy atom. The van der Waals surface area contributed by atoms with Crippen LogP contribution in [0, 0.1) is 5.92 Å². The van der Waals surface area contributed by atoms with Crippen LogP contribution in [0.3, 0.4) is 0 Å². The van der Waals surface area contributed by atoms with E-state index in [0.29, 0.717) is 17.9 Å². The van der Waals surface area contributed by atoms with Gasteiger partial charge < -0.3 is 5.32 Å². The minimum Gasteiger partial charge on any atom is -0.317 e. The molecule has 1 fully saturated rings. The van der Waals surface area contributed by atoms with E-state index in [9.17, 15) is 0 Å². The molecule has 0 amide bonds. The minimum atomic E-state index is 0.571. The highest BCUT2D eigenvalue weighted by Crippen LogP contribution is 2.30. The van der Waals surface area contributed by atoms with E-state index in [1.54, 1.807) is 0 Å². The fraction of sp³-hybridized carbons (Fsp3) is 0.733. The van der Waals surface area contributed by atoms with Crippen LogP contribution < -0.4 is 5.32 Å². The monoisotopic (exact) mass is 247 g/mol. The number of nitrogens with zero attached hydrogens (tertiary/aromatic N) is 2. The van der Waals surface area contributed by atoms with Gasteiger partial charge in [-0.05, 0) is 51.1 Å². The van der Waals surface area contributed by atoms with Crippen LogP contribution in [-0.4, -0.2) is 23.1 Å². The second-order valence-corrected chi connectivity index (χ2v) is 5.84. The summed E-state index contributed by atoms with van der Waals surface area (Å²) in [5.41, 5.74) is 1.20. The van der Waals surface area contributed by atoms with Crippen molar-refractivity contribution in [2.45, 2.75) is 57.9 Å². The maximum atomic E-state index is 4.76. The molecule has 1 N–H and O–H groups in total. The van der Waals surface area contributed by atoms with Crippen molar-refractivity contribution in [2.24, 2.45) is 5.92 Å². The molecule has 3 nitrogen and oxygen atoms in total. The zero-order valence-electron chi connectivity index (χ0n) is 11.8. The molecule has 1 saturated carbocycles. The molecule has 0 bridgehead atoms. The largest absolute Gasteiger partial charge is 0.317 e. The Labute approximate surface area is 110 Å². The summed E-state index contributed by atoms with van der Waals surface area (Å²) >= 11 is 0. The summed E-state index contributed by atoms with van der Waals surface area (Å²) in [4.78, 5) is 9.25. The first kappa shape index (κ1) is 13.5. The van der Waals surface area contributed by atoms with Crippen LogP contribution in [0.5, 0.6) is 0 Å². The van der Waals surface area contributed by atoms with Gasteiger partial charge in [0, 0.05) is 23.9 Å². The first-order chi connectivity index (χ1) is 8.69. The molecular formula is C15H25N3. The Hall–Kier alpha value is -0.960. The highest BCUT2D eigenvalue weighted by Gasteiger charge is 2.23. The van der Waals surface area contributed by atoms with Crippen molar-refractivity contribution in [2.75, 3.05) is 7.05 Å². The minimum absolute atomic E-state index is 0.571. The Morgan fingerprint density at radius 1 is 1.28 bits per heavy atom. The SMILES string of the molecule is CNC1CCC(c2nccc(CC(C)C)n2)CC1. The molecule has 1 aromatic heterocycles. The van der Waals surface area contributed by atoms with Crippen molar-refractivity contribution in [1.29, 1.82) is 0 Å². The molecular weight excluding hydrogens is 222 g/mol. The van der Waals surface area contributed by atoms with Gasteiger partial charge in [-0.1, -0.05) is 13.8 Å². The van der Waals surface area contributed by atoms with Gasteiger partial charge in [0.2, 0.25) is 0 Å². The number of hydrogen-bond acceptors (Lipinski definition) is 3. The maximum Gasteiger partial charge on any atom is 0.131 e. The summed E-state index contributed by atoms with van der Waals surface area (Å²) in [5.74, 6) is 2.30. The molecule has 2 rings (SSSR count). The van der Waals surface area contributed by atoms with E-state index in [4.69, 9.17) is 4.98 Å². The van der Waals surface area contributed by atoms with E-state index in [1.807, 2.05) is 6.20 Å². The Balaban J connectivity index is 2.00. The molecule has 1 heterocycles. The molecule has 1 aliphatic rings.